The van der Waals surface area contributed by atoms with Crippen LogP contribution in [0.25, 0.3) is 0 Å². The van der Waals surface area contributed by atoms with E-state index >= 15 is 0 Å². The van der Waals surface area contributed by atoms with Crippen LogP contribution in [0.1, 0.15) is 6.42 Å². The fourth-order valence-corrected chi connectivity index (χ4v) is 2.53. The van der Waals surface area contributed by atoms with Gasteiger partial charge in [-0.3, -0.25) is 9.59 Å². The van der Waals surface area contributed by atoms with Crippen LogP contribution in [0.15, 0.2) is 11.6 Å². The highest BCUT2D eigenvalue weighted by molar-refractivity contribution is 6.61. The second-order valence-corrected chi connectivity index (χ2v) is 4.51. The number of rotatable bonds is 1. The Kier molecular flexibility index (Phi) is 1.61. The molecule has 1 fully saturated rings. The second kappa shape index (κ2) is 2.33. The number of alkyl halides is 2. The van der Waals surface area contributed by atoms with Crippen LogP contribution in [-0.4, -0.2) is 16.4 Å². The van der Waals surface area contributed by atoms with Crippen molar-refractivity contribution in [3.63, 3.8) is 0 Å². The minimum Gasteiger partial charge on any atom is -0.298 e. The number of aldehydes is 1. The van der Waals surface area contributed by atoms with Crippen molar-refractivity contribution in [3.8, 4) is 0 Å². The maximum Gasteiger partial charge on any atom is 0.180 e. The summed E-state index contributed by atoms with van der Waals surface area (Å²) in [5.41, 5.74) is 0.543. The molecule has 0 spiro atoms. The van der Waals surface area contributed by atoms with Crippen LogP contribution >= 0.6 is 23.2 Å². The molecule has 0 radical (unpaired) electrons. The van der Waals surface area contributed by atoms with Crippen LogP contribution in [0.2, 0.25) is 0 Å². The van der Waals surface area contributed by atoms with Gasteiger partial charge in [-0.2, -0.15) is 0 Å². The molecule has 0 amide bonds. The monoisotopic (exact) mass is 204 g/mol. The van der Waals surface area contributed by atoms with Crippen molar-refractivity contribution in [2.24, 2.45) is 11.8 Å². The van der Waals surface area contributed by atoms with Gasteiger partial charge >= 0.3 is 0 Å². The summed E-state index contributed by atoms with van der Waals surface area (Å²) in [5, 5.41) is 0. The van der Waals surface area contributed by atoms with E-state index in [0.717, 1.165) is 0 Å². The Morgan fingerprint density at radius 1 is 1.58 bits per heavy atom. The number of ketones is 1. The first-order valence-electron chi connectivity index (χ1n) is 3.66. The van der Waals surface area contributed by atoms with Crippen molar-refractivity contribution in [3.05, 3.63) is 11.6 Å². The van der Waals surface area contributed by atoms with Crippen LogP contribution < -0.4 is 0 Å². The number of halogens is 2. The summed E-state index contributed by atoms with van der Waals surface area (Å²) in [6.45, 7) is 0. The molecule has 2 rings (SSSR count). The molecule has 2 atom stereocenters. The lowest BCUT2D eigenvalue weighted by atomic mass is 9.71. The quantitative estimate of drug-likeness (QED) is 0.480. The van der Waals surface area contributed by atoms with Gasteiger partial charge < -0.3 is 0 Å². The molecule has 2 aliphatic carbocycles. The molecule has 0 bridgehead atoms. The summed E-state index contributed by atoms with van der Waals surface area (Å²) < 4.78 is -1.24. The third kappa shape index (κ3) is 0.771. The summed E-state index contributed by atoms with van der Waals surface area (Å²) in [5.74, 6) is -0.627. The first-order valence-corrected chi connectivity index (χ1v) is 4.42. The summed E-state index contributed by atoms with van der Waals surface area (Å²) in [4.78, 5) is 21.7. The second-order valence-electron chi connectivity index (χ2n) is 3.13. The lowest BCUT2D eigenvalue weighted by Gasteiger charge is -2.41. The molecular formula is C8H6Cl2O2. The van der Waals surface area contributed by atoms with Crippen LogP contribution in [0.4, 0.5) is 0 Å². The van der Waals surface area contributed by atoms with Crippen LogP contribution in [0, 0.1) is 11.8 Å². The predicted octanol–water partition coefficient (Wildman–Crippen LogP) is 1.50. The van der Waals surface area contributed by atoms with Crippen LogP contribution in [-0.2, 0) is 9.59 Å². The van der Waals surface area contributed by atoms with Crippen molar-refractivity contribution in [2.75, 3.05) is 0 Å². The Morgan fingerprint density at radius 2 is 2.25 bits per heavy atom. The van der Waals surface area contributed by atoms with Gasteiger partial charge in [-0.05, 0) is 12.0 Å². The average Bonchev–Trinajstić information content (AvgIpc) is 2.44. The standard InChI is InChI=1S/C8H6Cl2O2/c9-8(10)5-2-1-4(3-11)6(5)7(8)12/h1,3,5-6H,2H2/t5-,6+/m0/s1. The fraction of sp³-hybridized carbons (Fsp3) is 0.500. The maximum atomic E-state index is 11.3. The van der Waals surface area contributed by atoms with E-state index in [2.05, 4.69) is 0 Å². The lowest BCUT2D eigenvalue weighted by Crippen LogP contribution is -2.55. The Morgan fingerprint density at radius 3 is 2.83 bits per heavy atom. The molecule has 64 valence electrons. The molecule has 0 aromatic carbocycles. The zero-order chi connectivity index (χ0) is 8.93. The number of allylic oxidation sites excluding steroid dienone is 2. The van der Waals surface area contributed by atoms with E-state index in [0.29, 0.717) is 18.3 Å². The van der Waals surface area contributed by atoms with E-state index in [1.54, 1.807) is 6.08 Å². The molecule has 2 nitrogen and oxygen atoms in total. The number of Topliss-reactive ketones (excluding diaryl/α,β-unsaturated/α-hetero) is 1. The number of carbonyl (C=O) groups is 2. The molecular weight excluding hydrogens is 199 g/mol. The minimum atomic E-state index is -1.24. The number of fused-ring (bicyclic) bond motifs is 1. The molecule has 0 heterocycles. The molecule has 2 aliphatic rings. The zero-order valence-corrected chi connectivity index (χ0v) is 7.60. The third-order valence-electron chi connectivity index (χ3n) is 2.58. The normalized spacial score (nSPS) is 36.8. The molecule has 1 saturated carbocycles. The summed E-state index contributed by atoms with van der Waals surface area (Å²) >= 11 is 11.5. The van der Waals surface area contributed by atoms with Gasteiger partial charge in [0.25, 0.3) is 0 Å². The largest absolute Gasteiger partial charge is 0.298 e. The topological polar surface area (TPSA) is 34.1 Å². The summed E-state index contributed by atoms with van der Waals surface area (Å²) in [6.07, 6.45) is 3.09. The molecule has 0 aliphatic heterocycles. The van der Waals surface area contributed by atoms with Gasteiger partial charge in [-0.1, -0.05) is 29.3 Å². The van der Waals surface area contributed by atoms with Crippen LogP contribution in [0.5, 0.6) is 0 Å². The van der Waals surface area contributed by atoms with Gasteiger partial charge in [0.15, 0.2) is 10.1 Å². The molecule has 0 aromatic heterocycles. The Bertz CT molecular complexity index is 293. The van der Waals surface area contributed by atoms with E-state index in [9.17, 15) is 9.59 Å². The molecule has 0 aromatic rings. The van der Waals surface area contributed by atoms with Crippen molar-refractivity contribution < 1.29 is 9.59 Å². The molecule has 12 heavy (non-hydrogen) atoms. The molecule has 0 N–H and O–H groups in total. The van der Waals surface area contributed by atoms with E-state index < -0.39 is 4.33 Å². The lowest BCUT2D eigenvalue weighted by molar-refractivity contribution is -0.133. The van der Waals surface area contributed by atoms with Gasteiger partial charge in [-0.15, -0.1) is 0 Å². The van der Waals surface area contributed by atoms with Gasteiger partial charge in [0.1, 0.15) is 6.29 Å². The smallest absolute Gasteiger partial charge is 0.180 e. The van der Waals surface area contributed by atoms with Gasteiger partial charge in [0, 0.05) is 5.92 Å². The fourth-order valence-electron chi connectivity index (χ4n) is 1.87. The number of hydrogen-bond donors (Lipinski definition) is 0. The molecule has 0 unspecified atom stereocenters. The van der Waals surface area contributed by atoms with E-state index in [1.807, 2.05) is 0 Å². The molecule has 4 heteroatoms. The Hall–Kier alpha value is -0.340. The average molecular weight is 205 g/mol. The Balaban J connectivity index is 2.29. The van der Waals surface area contributed by atoms with Gasteiger partial charge in [-0.25, -0.2) is 0 Å². The summed E-state index contributed by atoms with van der Waals surface area (Å²) in [7, 11) is 0. The van der Waals surface area contributed by atoms with Crippen molar-refractivity contribution >= 4 is 35.3 Å². The predicted molar refractivity (Wildman–Crippen MR) is 45.2 cm³/mol. The first-order chi connectivity index (χ1) is 5.59. The SMILES string of the molecule is O=CC1=CC[C@H]2[C@@H]1C(=O)C2(Cl)Cl. The Labute approximate surface area is 79.5 Å². The van der Waals surface area contributed by atoms with E-state index in [1.165, 1.54) is 0 Å². The molecule has 0 saturated heterocycles. The summed E-state index contributed by atoms with van der Waals surface area (Å²) in [6, 6.07) is 0. The highest BCUT2D eigenvalue weighted by Crippen LogP contribution is 2.56. The van der Waals surface area contributed by atoms with E-state index in [4.69, 9.17) is 23.2 Å². The van der Waals surface area contributed by atoms with Gasteiger partial charge in [0.2, 0.25) is 0 Å². The maximum absolute atomic E-state index is 11.3. The van der Waals surface area contributed by atoms with E-state index in [-0.39, 0.29) is 17.6 Å². The minimum absolute atomic E-state index is 0.0754. The first kappa shape index (κ1) is 8.27. The van der Waals surface area contributed by atoms with Crippen LogP contribution in [0.3, 0.4) is 0 Å². The van der Waals surface area contributed by atoms with Gasteiger partial charge in [0.05, 0.1) is 5.92 Å². The highest BCUT2D eigenvalue weighted by Gasteiger charge is 2.62. The highest BCUT2D eigenvalue weighted by atomic mass is 35.5. The van der Waals surface area contributed by atoms with Crippen molar-refractivity contribution in [1.82, 2.24) is 0 Å². The van der Waals surface area contributed by atoms with Crippen molar-refractivity contribution in [1.29, 1.82) is 0 Å². The zero-order valence-electron chi connectivity index (χ0n) is 6.09. The van der Waals surface area contributed by atoms with Crippen molar-refractivity contribution in [2.45, 2.75) is 10.8 Å². The third-order valence-corrected chi connectivity index (χ3v) is 3.51. The number of hydrogen-bond acceptors (Lipinski definition) is 2. The number of carbonyl (C=O) groups excluding carboxylic acids is 2.